The summed E-state index contributed by atoms with van der Waals surface area (Å²) in [7, 11) is 0. The van der Waals surface area contributed by atoms with E-state index in [0.717, 1.165) is 6.08 Å². The van der Waals surface area contributed by atoms with Crippen LogP contribution in [0, 0.1) is 5.41 Å². The highest BCUT2D eigenvalue weighted by Crippen LogP contribution is 2.30. The molecule has 7 nitrogen and oxygen atoms in total. The van der Waals surface area contributed by atoms with Crippen molar-refractivity contribution in [3.05, 3.63) is 41.0 Å². The fraction of sp³-hybridized carbons (Fsp3) is 0.133. The van der Waals surface area contributed by atoms with Crippen molar-refractivity contribution in [2.45, 2.75) is 6.42 Å². The number of guanidine groups is 1. The Hall–Kier alpha value is -2.80. The Morgan fingerprint density at radius 2 is 2.13 bits per heavy atom. The van der Waals surface area contributed by atoms with Crippen molar-refractivity contribution in [2.75, 3.05) is 6.61 Å². The number of ether oxygens (including phenoxy) is 1. The van der Waals surface area contributed by atoms with Crippen LogP contribution >= 0.6 is 12.4 Å². The lowest BCUT2D eigenvalue weighted by Crippen LogP contribution is -2.36. The summed E-state index contributed by atoms with van der Waals surface area (Å²) >= 11 is 0. The maximum absolute atomic E-state index is 11.9. The molecule has 1 aliphatic heterocycles. The Kier molecular flexibility index (Phi) is 6.35. The first kappa shape index (κ1) is 18.2. The number of benzene rings is 1. The molecule has 2 rings (SSSR count). The number of rotatable bonds is 3. The summed E-state index contributed by atoms with van der Waals surface area (Å²) < 4.78 is 5.64. The van der Waals surface area contributed by atoms with Crippen LogP contribution in [0.5, 0.6) is 5.75 Å². The van der Waals surface area contributed by atoms with Crippen LogP contribution in [0.1, 0.15) is 17.5 Å². The first-order valence-electron chi connectivity index (χ1n) is 6.50. The Labute approximate surface area is 138 Å². The number of nitrogens with one attached hydrogen (secondary N) is 2. The van der Waals surface area contributed by atoms with Crippen molar-refractivity contribution in [2.24, 2.45) is 5.73 Å². The molecule has 0 saturated carbocycles. The highest BCUT2D eigenvalue weighted by molar-refractivity contribution is 6.06. The summed E-state index contributed by atoms with van der Waals surface area (Å²) in [5, 5.41) is 18.0. The maximum atomic E-state index is 11.9. The van der Waals surface area contributed by atoms with Crippen LogP contribution in [0.15, 0.2) is 29.8 Å². The second-order valence-electron chi connectivity index (χ2n) is 4.57. The zero-order valence-corrected chi connectivity index (χ0v) is 12.9. The molecule has 5 N–H and O–H groups in total. The second kappa shape index (κ2) is 8.00. The lowest BCUT2D eigenvalue weighted by atomic mass is 10.0. The molecular weight excluding hydrogens is 322 g/mol. The van der Waals surface area contributed by atoms with Gasteiger partial charge < -0.3 is 15.6 Å². The zero-order valence-electron chi connectivity index (χ0n) is 12.0. The van der Waals surface area contributed by atoms with Gasteiger partial charge in [0.25, 0.3) is 5.91 Å². The van der Waals surface area contributed by atoms with E-state index in [4.69, 9.17) is 21.0 Å². The molecule has 0 fully saturated rings. The van der Waals surface area contributed by atoms with E-state index in [0.29, 0.717) is 28.9 Å². The van der Waals surface area contributed by atoms with Crippen molar-refractivity contribution >= 4 is 42.4 Å². The molecule has 1 amide bonds. The number of nitrogens with two attached hydrogens (primary N) is 1. The van der Waals surface area contributed by atoms with Gasteiger partial charge in [0, 0.05) is 29.2 Å². The van der Waals surface area contributed by atoms with Crippen LogP contribution in [-0.4, -0.2) is 29.5 Å². The van der Waals surface area contributed by atoms with Gasteiger partial charge in [-0.1, -0.05) is 18.2 Å². The van der Waals surface area contributed by atoms with Gasteiger partial charge >= 0.3 is 5.97 Å². The summed E-state index contributed by atoms with van der Waals surface area (Å²) in [5.41, 5.74) is 6.87. The molecule has 1 heterocycles. The fourth-order valence-corrected chi connectivity index (χ4v) is 2.05. The molecule has 0 saturated heterocycles. The van der Waals surface area contributed by atoms with Gasteiger partial charge in [0.2, 0.25) is 0 Å². The molecule has 0 bridgehead atoms. The molecule has 23 heavy (non-hydrogen) atoms. The second-order valence-corrected chi connectivity index (χ2v) is 4.57. The van der Waals surface area contributed by atoms with E-state index in [-0.39, 0.29) is 19.0 Å². The Morgan fingerprint density at radius 3 is 2.78 bits per heavy atom. The van der Waals surface area contributed by atoms with Gasteiger partial charge in [-0.3, -0.25) is 15.5 Å². The topological polar surface area (TPSA) is 126 Å². The molecule has 1 aromatic rings. The van der Waals surface area contributed by atoms with Gasteiger partial charge in [0.05, 0.1) is 6.61 Å². The summed E-state index contributed by atoms with van der Waals surface area (Å²) in [5.74, 6) is -1.40. The van der Waals surface area contributed by atoms with E-state index >= 15 is 0 Å². The van der Waals surface area contributed by atoms with Crippen LogP contribution in [0.4, 0.5) is 0 Å². The smallest absolute Gasteiger partial charge is 0.328 e. The van der Waals surface area contributed by atoms with Gasteiger partial charge in [-0.15, -0.1) is 12.4 Å². The number of hydrogen-bond acceptors (Lipinski definition) is 4. The lowest BCUT2D eigenvalue weighted by molar-refractivity contribution is -0.131. The number of carbonyl (C=O) groups excluding carboxylic acids is 1. The summed E-state index contributed by atoms with van der Waals surface area (Å²) in [4.78, 5) is 22.6. The Bertz CT molecular complexity index is 698. The average molecular weight is 338 g/mol. The quantitative estimate of drug-likeness (QED) is 0.376. The molecular formula is C15H16ClN3O4. The first-order valence-corrected chi connectivity index (χ1v) is 6.50. The number of carboxylic acids is 1. The van der Waals surface area contributed by atoms with Crippen LogP contribution in [0.25, 0.3) is 12.2 Å². The third-order valence-electron chi connectivity index (χ3n) is 2.97. The van der Waals surface area contributed by atoms with Crippen molar-refractivity contribution in [1.82, 2.24) is 5.32 Å². The van der Waals surface area contributed by atoms with Crippen LogP contribution < -0.4 is 15.8 Å². The van der Waals surface area contributed by atoms with E-state index in [1.807, 2.05) is 0 Å². The third kappa shape index (κ3) is 4.86. The Balaban J connectivity index is 0.00000264. The van der Waals surface area contributed by atoms with Crippen LogP contribution in [0.2, 0.25) is 0 Å². The molecule has 0 aliphatic carbocycles. The fourth-order valence-electron chi connectivity index (χ4n) is 2.05. The highest BCUT2D eigenvalue weighted by atomic mass is 35.5. The summed E-state index contributed by atoms with van der Waals surface area (Å²) in [6.07, 6.45) is 4.47. The van der Waals surface area contributed by atoms with Gasteiger partial charge in [-0.05, 0) is 12.2 Å². The van der Waals surface area contributed by atoms with Gasteiger partial charge in [-0.25, -0.2) is 4.79 Å². The van der Waals surface area contributed by atoms with Crippen LogP contribution in [0.3, 0.4) is 0 Å². The molecule has 8 heteroatoms. The number of carboxylic acid groups (broad SMARTS) is 1. The van der Waals surface area contributed by atoms with Crippen molar-refractivity contribution < 1.29 is 19.4 Å². The third-order valence-corrected chi connectivity index (χ3v) is 2.97. The number of para-hydroxylation sites is 1. The standard InChI is InChI=1S/C15H15N3O4.ClH/c16-15(17)18-14(21)11-6-7-22-13-9(4-5-12(19)20)2-1-3-10(13)8-11;/h1-5,8H,6-7H2,(H,19,20)(H4,16,17,18,21);1H/b5-4+;. The number of carbonyl (C=O) groups is 2. The van der Waals surface area contributed by atoms with Crippen molar-refractivity contribution in [3.8, 4) is 5.75 Å². The normalized spacial score (nSPS) is 13.0. The minimum absolute atomic E-state index is 0. The molecule has 122 valence electrons. The number of amides is 1. The van der Waals surface area contributed by atoms with E-state index in [2.05, 4.69) is 5.32 Å². The number of hydrogen-bond donors (Lipinski definition) is 4. The maximum Gasteiger partial charge on any atom is 0.328 e. The molecule has 0 unspecified atom stereocenters. The number of halogens is 1. The summed E-state index contributed by atoms with van der Waals surface area (Å²) in [6.45, 7) is 0.266. The molecule has 0 atom stereocenters. The molecule has 0 aromatic heterocycles. The van der Waals surface area contributed by atoms with Gasteiger partial charge in [0.15, 0.2) is 5.96 Å². The highest BCUT2D eigenvalue weighted by Gasteiger charge is 2.17. The van der Waals surface area contributed by atoms with Crippen LogP contribution in [-0.2, 0) is 9.59 Å². The lowest BCUT2D eigenvalue weighted by Gasteiger charge is -2.09. The van der Waals surface area contributed by atoms with Gasteiger partial charge in [0.1, 0.15) is 5.75 Å². The van der Waals surface area contributed by atoms with E-state index in [1.54, 1.807) is 24.3 Å². The van der Waals surface area contributed by atoms with E-state index < -0.39 is 17.8 Å². The number of aliphatic carboxylic acids is 1. The van der Waals surface area contributed by atoms with Crippen molar-refractivity contribution in [1.29, 1.82) is 5.41 Å². The summed E-state index contributed by atoms with van der Waals surface area (Å²) in [6, 6.07) is 5.23. The van der Waals surface area contributed by atoms with Gasteiger partial charge in [-0.2, -0.15) is 0 Å². The minimum atomic E-state index is -1.05. The van der Waals surface area contributed by atoms with E-state index in [1.165, 1.54) is 6.08 Å². The van der Waals surface area contributed by atoms with E-state index in [9.17, 15) is 9.59 Å². The molecule has 0 radical (unpaired) electrons. The average Bonchev–Trinajstić information content (AvgIpc) is 2.66. The minimum Gasteiger partial charge on any atom is -0.492 e. The predicted octanol–water partition coefficient (Wildman–Crippen LogP) is 1.38. The SMILES string of the molecule is Cl.N=C(N)NC(=O)C1=Cc2cccc(/C=C/C(=O)O)c2OCC1. The largest absolute Gasteiger partial charge is 0.492 e. The zero-order chi connectivity index (χ0) is 16.1. The molecule has 0 spiro atoms. The Morgan fingerprint density at radius 1 is 1.39 bits per heavy atom. The van der Waals surface area contributed by atoms with Crippen molar-refractivity contribution in [3.63, 3.8) is 0 Å². The molecule has 1 aliphatic rings. The first-order chi connectivity index (χ1) is 10.5. The number of fused-ring (bicyclic) bond motifs is 1. The monoisotopic (exact) mass is 337 g/mol. The predicted molar refractivity (Wildman–Crippen MR) is 88.5 cm³/mol. The molecule has 1 aromatic carbocycles.